The molecule has 0 saturated heterocycles. The molecule has 294 valence electrons. The minimum atomic E-state index is -0.0501. The molecule has 0 N–H and O–H groups in total. The van der Waals surface area contributed by atoms with Gasteiger partial charge in [0.25, 0.3) is 0 Å². The van der Waals surface area contributed by atoms with Gasteiger partial charge in [0.1, 0.15) is 0 Å². The quantitative estimate of drug-likeness (QED) is 0.156. The molecule has 9 rings (SSSR count). The van der Waals surface area contributed by atoms with Crippen LogP contribution in [0.2, 0.25) is 0 Å². The van der Waals surface area contributed by atoms with Crippen LogP contribution in [0.4, 0.5) is 17.1 Å². The lowest BCUT2D eigenvalue weighted by Crippen LogP contribution is -2.19. The van der Waals surface area contributed by atoms with Crippen molar-refractivity contribution >= 4 is 38.6 Å². The highest BCUT2D eigenvalue weighted by atomic mass is 15.1. The maximum absolute atomic E-state index is 2.58. The van der Waals surface area contributed by atoms with Gasteiger partial charge in [-0.1, -0.05) is 206 Å². The standard InChI is InChI=1S/C58H57N/c1-57(2,3)44-37-45(58(4,5)6)39-46(38-44)59(53-35-15-13-29-49(53)51-33-19-27-42-25-17-31-47(55(42)51)40-21-9-7-10-22-40)54-36-16-14-30-50(54)52-34-20-28-43-26-18-32-48(56(43)52)41-23-11-8-12-24-41/h7,9-10,13-22,25-39,41H,8,11-12,23-24H2,1-6H3. The lowest BCUT2D eigenvalue weighted by molar-refractivity contribution is 0.445. The third-order valence-corrected chi connectivity index (χ3v) is 12.7. The van der Waals surface area contributed by atoms with Gasteiger partial charge in [-0.15, -0.1) is 0 Å². The summed E-state index contributed by atoms with van der Waals surface area (Å²) in [6, 6.07) is 64.0. The molecule has 0 heterocycles. The number of hydrogen-bond acceptors (Lipinski definition) is 1. The van der Waals surface area contributed by atoms with Gasteiger partial charge < -0.3 is 4.90 Å². The number of benzene rings is 8. The summed E-state index contributed by atoms with van der Waals surface area (Å²) in [5.41, 5.74) is 15.1. The fraction of sp³-hybridized carbons (Fsp3) is 0.241. The second kappa shape index (κ2) is 15.7. The molecule has 8 aromatic rings. The van der Waals surface area contributed by atoms with E-state index in [0.29, 0.717) is 5.92 Å². The summed E-state index contributed by atoms with van der Waals surface area (Å²) in [7, 11) is 0. The van der Waals surface area contributed by atoms with Crippen LogP contribution >= 0.6 is 0 Å². The Labute approximate surface area is 352 Å². The lowest BCUT2D eigenvalue weighted by atomic mass is 9.80. The zero-order valence-corrected chi connectivity index (χ0v) is 35.7. The molecular formula is C58H57N. The lowest BCUT2D eigenvalue weighted by Gasteiger charge is -2.34. The Morgan fingerprint density at radius 1 is 0.407 bits per heavy atom. The van der Waals surface area contributed by atoms with Crippen molar-refractivity contribution in [1.82, 2.24) is 0 Å². The van der Waals surface area contributed by atoms with E-state index in [1.165, 1.54) is 115 Å². The highest BCUT2D eigenvalue weighted by Gasteiger charge is 2.28. The van der Waals surface area contributed by atoms with Crippen LogP contribution in [0, 0.1) is 0 Å². The molecule has 1 fully saturated rings. The van der Waals surface area contributed by atoms with E-state index in [1.807, 2.05) is 0 Å². The molecule has 1 nitrogen and oxygen atoms in total. The number of hydrogen-bond donors (Lipinski definition) is 0. The van der Waals surface area contributed by atoms with Crippen LogP contribution in [-0.2, 0) is 10.8 Å². The van der Waals surface area contributed by atoms with Gasteiger partial charge >= 0.3 is 0 Å². The minimum absolute atomic E-state index is 0.0501. The summed E-state index contributed by atoms with van der Waals surface area (Å²) in [6.07, 6.45) is 6.49. The summed E-state index contributed by atoms with van der Waals surface area (Å²) in [5, 5.41) is 5.23. The van der Waals surface area contributed by atoms with Crippen molar-refractivity contribution in [3.05, 3.63) is 187 Å². The summed E-state index contributed by atoms with van der Waals surface area (Å²) in [4.78, 5) is 2.58. The SMILES string of the molecule is CC(C)(C)c1cc(N(c2ccccc2-c2cccc3cccc(-c4ccccc4)c23)c2ccccc2-c2cccc3cccc(C4CCCCC4)c23)cc(C(C)(C)C)c1. The van der Waals surface area contributed by atoms with E-state index in [1.54, 1.807) is 0 Å². The topological polar surface area (TPSA) is 3.24 Å². The highest BCUT2D eigenvalue weighted by molar-refractivity contribution is 6.10. The first-order chi connectivity index (χ1) is 28.6. The Morgan fingerprint density at radius 3 is 1.42 bits per heavy atom. The van der Waals surface area contributed by atoms with E-state index >= 15 is 0 Å². The summed E-state index contributed by atoms with van der Waals surface area (Å²) in [5.74, 6) is 0.584. The van der Waals surface area contributed by atoms with Crippen molar-refractivity contribution in [3.63, 3.8) is 0 Å². The average Bonchev–Trinajstić information content (AvgIpc) is 3.26. The molecule has 0 amide bonds. The molecule has 8 aromatic carbocycles. The van der Waals surface area contributed by atoms with Crippen LogP contribution in [0.1, 0.15) is 96.3 Å². The molecule has 1 aliphatic rings. The van der Waals surface area contributed by atoms with Crippen LogP contribution < -0.4 is 4.90 Å². The smallest absolute Gasteiger partial charge is 0.0540 e. The van der Waals surface area contributed by atoms with Gasteiger partial charge in [-0.25, -0.2) is 0 Å². The molecule has 0 aromatic heterocycles. The molecule has 1 aliphatic carbocycles. The molecule has 0 atom stereocenters. The Balaban J connectivity index is 1.36. The predicted molar refractivity (Wildman–Crippen MR) is 256 cm³/mol. The second-order valence-electron chi connectivity index (χ2n) is 18.8. The van der Waals surface area contributed by atoms with Gasteiger partial charge in [0, 0.05) is 16.8 Å². The van der Waals surface area contributed by atoms with Gasteiger partial charge in [-0.2, -0.15) is 0 Å². The van der Waals surface area contributed by atoms with E-state index in [2.05, 4.69) is 216 Å². The largest absolute Gasteiger partial charge is 0.309 e. The molecule has 0 aliphatic heterocycles. The van der Waals surface area contributed by atoms with Crippen molar-refractivity contribution < 1.29 is 0 Å². The van der Waals surface area contributed by atoms with Gasteiger partial charge in [0.05, 0.1) is 11.4 Å². The molecule has 0 radical (unpaired) electrons. The van der Waals surface area contributed by atoms with Crippen molar-refractivity contribution in [1.29, 1.82) is 0 Å². The van der Waals surface area contributed by atoms with E-state index in [9.17, 15) is 0 Å². The molecular weight excluding hydrogens is 711 g/mol. The maximum Gasteiger partial charge on any atom is 0.0540 e. The molecule has 0 spiro atoms. The fourth-order valence-electron chi connectivity index (χ4n) is 9.58. The molecule has 59 heavy (non-hydrogen) atoms. The van der Waals surface area contributed by atoms with Crippen molar-refractivity contribution in [3.8, 4) is 33.4 Å². The fourth-order valence-corrected chi connectivity index (χ4v) is 9.58. The normalized spacial score (nSPS) is 13.9. The Morgan fingerprint density at radius 2 is 0.864 bits per heavy atom. The second-order valence-corrected chi connectivity index (χ2v) is 18.8. The van der Waals surface area contributed by atoms with Gasteiger partial charge in [0.2, 0.25) is 0 Å². The van der Waals surface area contributed by atoms with Crippen LogP contribution in [0.5, 0.6) is 0 Å². The van der Waals surface area contributed by atoms with Crippen molar-refractivity contribution in [2.75, 3.05) is 4.90 Å². The van der Waals surface area contributed by atoms with E-state index in [0.717, 1.165) is 5.69 Å². The minimum Gasteiger partial charge on any atom is -0.309 e. The Kier molecular flexibility index (Phi) is 10.3. The zero-order valence-electron chi connectivity index (χ0n) is 35.7. The highest BCUT2D eigenvalue weighted by Crippen LogP contribution is 2.50. The van der Waals surface area contributed by atoms with Crippen molar-refractivity contribution in [2.24, 2.45) is 0 Å². The maximum atomic E-state index is 2.58. The first kappa shape index (κ1) is 38.6. The summed E-state index contributed by atoms with van der Waals surface area (Å²) in [6.45, 7) is 14.1. The number of anilines is 3. The van der Waals surface area contributed by atoms with Crippen LogP contribution in [0.15, 0.2) is 170 Å². The number of nitrogens with zero attached hydrogens (tertiary/aromatic N) is 1. The van der Waals surface area contributed by atoms with Crippen molar-refractivity contribution in [2.45, 2.75) is 90.4 Å². The first-order valence-electron chi connectivity index (χ1n) is 21.8. The molecule has 1 saturated carbocycles. The van der Waals surface area contributed by atoms with Crippen LogP contribution in [0.25, 0.3) is 54.9 Å². The summed E-state index contributed by atoms with van der Waals surface area (Å²) < 4.78 is 0. The third kappa shape index (κ3) is 7.49. The number of fused-ring (bicyclic) bond motifs is 2. The van der Waals surface area contributed by atoms with Crippen LogP contribution in [-0.4, -0.2) is 0 Å². The van der Waals surface area contributed by atoms with Crippen LogP contribution in [0.3, 0.4) is 0 Å². The molecule has 0 bridgehead atoms. The predicted octanol–water partition coefficient (Wildman–Crippen LogP) is 17.1. The average molecular weight is 768 g/mol. The van der Waals surface area contributed by atoms with E-state index in [-0.39, 0.29) is 10.8 Å². The Bertz CT molecular complexity index is 2730. The van der Waals surface area contributed by atoms with Gasteiger partial charge in [-0.05, 0) is 114 Å². The summed E-state index contributed by atoms with van der Waals surface area (Å²) >= 11 is 0. The Hall–Kier alpha value is -5.92. The third-order valence-electron chi connectivity index (χ3n) is 12.7. The number of para-hydroxylation sites is 2. The molecule has 1 heteroatoms. The van der Waals surface area contributed by atoms with E-state index < -0.39 is 0 Å². The zero-order chi connectivity index (χ0) is 40.7. The number of rotatable bonds is 7. The van der Waals surface area contributed by atoms with Gasteiger partial charge in [0.15, 0.2) is 0 Å². The molecule has 0 unspecified atom stereocenters. The van der Waals surface area contributed by atoms with E-state index in [4.69, 9.17) is 0 Å². The first-order valence-corrected chi connectivity index (χ1v) is 21.8. The monoisotopic (exact) mass is 767 g/mol. The van der Waals surface area contributed by atoms with Gasteiger partial charge in [-0.3, -0.25) is 0 Å².